The van der Waals surface area contributed by atoms with Crippen LogP contribution in [0.3, 0.4) is 0 Å². The molecule has 0 bridgehead atoms. The molecule has 3 aromatic carbocycles. The Labute approximate surface area is 257 Å². The Kier molecular flexibility index (Phi) is 11.9. The van der Waals surface area contributed by atoms with Gasteiger partial charge >= 0.3 is 0 Å². The predicted octanol–water partition coefficient (Wildman–Crippen LogP) is 7.11. The zero-order valence-electron chi connectivity index (χ0n) is 26.7. The molecule has 0 spiro atoms. The summed E-state index contributed by atoms with van der Waals surface area (Å²) in [7, 11) is 1.99. The first-order valence-corrected chi connectivity index (χ1v) is 15.6. The van der Waals surface area contributed by atoms with Crippen molar-refractivity contribution in [1.82, 2.24) is 4.90 Å². The highest BCUT2D eigenvalue weighted by Crippen LogP contribution is 2.45. The first-order valence-electron chi connectivity index (χ1n) is 15.6. The number of fused-ring (bicyclic) bond motifs is 1. The first-order chi connectivity index (χ1) is 20.9. The number of para-hydroxylation sites is 1. The number of hydrogen-bond donors (Lipinski definition) is 1. The average molecular weight is 589 g/mol. The minimum atomic E-state index is 0.193. The maximum atomic E-state index is 11.3. The van der Waals surface area contributed by atoms with Gasteiger partial charge in [-0.05, 0) is 92.0 Å². The van der Waals surface area contributed by atoms with Gasteiger partial charge in [0.05, 0.1) is 19.3 Å². The lowest BCUT2D eigenvalue weighted by Gasteiger charge is -2.22. The normalized spacial score (nSPS) is 17.5. The Morgan fingerprint density at radius 3 is 2.35 bits per heavy atom. The molecule has 1 fully saturated rings. The summed E-state index contributed by atoms with van der Waals surface area (Å²) in [6, 6.07) is 19.1. The number of rotatable bonds is 12. The maximum Gasteiger partial charge on any atom is 0.231 e. The largest absolute Gasteiger partial charge is 0.491 e. The summed E-state index contributed by atoms with van der Waals surface area (Å²) in [5.74, 6) is 2.84. The smallest absolute Gasteiger partial charge is 0.231 e. The van der Waals surface area contributed by atoms with Crippen molar-refractivity contribution in [3.63, 3.8) is 0 Å². The molecule has 5 rings (SSSR count). The molecule has 2 atom stereocenters. The summed E-state index contributed by atoms with van der Waals surface area (Å²) in [6.07, 6.45) is 4.36. The summed E-state index contributed by atoms with van der Waals surface area (Å²) in [6.45, 7) is 13.2. The Balaban J connectivity index is 0.000000296. The number of aryl methyl sites for hydroxylation is 2. The van der Waals surface area contributed by atoms with Crippen LogP contribution in [-0.4, -0.2) is 57.4 Å². The molecule has 1 saturated heterocycles. The van der Waals surface area contributed by atoms with E-state index in [0.717, 1.165) is 54.9 Å². The SMILES string of the molecule is CCc1cccc(CC)c1NC.Cc1c([C@@H]2C[C@H](c3ccc(OCCOC(C)C)cc3)N(CC=O)C2)ccc2c1OCO2. The van der Waals surface area contributed by atoms with Crippen molar-refractivity contribution in [2.45, 2.75) is 71.9 Å². The molecule has 232 valence electrons. The minimum absolute atomic E-state index is 0.193. The van der Waals surface area contributed by atoms with Gasteiger partial charge in [-0.25, -0.2) is 0 Å². The van der Waals surface area contributed by atoms with Crippen molar-refractivity contribution in [2.24, 2.45) is 0 Å². The van der Waals surface area contributed by atoms with Gasteiger partial charge in [-0.1, -0.05) is 50.2 Å². The van der Waals surface area contributed by atoms with Crippen molar-refractivity contribution >= 4 is 12.0 Å². The number of nitrogens with zero attached hydrogens (tertiary/aromatic N) is 1. The molecule has 0 unspecified atom stereocenters. The second-order valence-corrected chi connectivity index (χ2v) is 11.3. The van der Waals surface area contributed by atoms with Gasteiger partial charge in [0.25, 0.3) is 0 Å². The van der Waals surface area contributed by atoms with Crippen LogP contribution in [0.15, 0.2) is 54.6 Å². The van der Waals surface area contributed by atoms with Crippen LogP contribution in [0.2, 0.25) is 0 Å². The topological polar surface area (TPSA) is 69.3 Å². The standard InChI is InChI=1S/C25H31NO5.C11H17N/c1-17(2)28-12-13-29-21-6-4-19(5-7-21)23-14-20(15-26(23)10-11-27)22-8-9-24-25(18(22)3)31-16-30-24;1-4-9-7-6-8-10(5-2)11(9)12-3/h4-9,11,17,20,23H,10,12-16H2,1-3H3;6-8,12H,4-5H2,1-3H3/t20-,23-;/m1./s1. The Bertz CT molecular complexity index is 1300. The van der Waals surface area contributed by atoms with Crippen LogP contribution < -0.4 is 19.5 Å². The maximum absolute atomic E-state index is 11.3. The van der Waals surface area contributed by atoms with E-state index in [1.165, 1.54) is 27.9 Å². The van der Waals surface area contributed by atoms with E-state index in [9.17, 15) is 4.79 Å². The van der Waals surface area contributed by atoms with E-state index in [4.69, 9.17) is 18.9 Å². The lowest BCUT2D eigenvalue weighted by atomic mass is 9.90. The summed E-state index contributed by atoms with van der Waals surface area (Å²) in [5.41, 5.74) is 7.76. The lowest BCUT2D eigenvalue weighted by Crippen LogP contribution is -2.25. The molecule has 0 amide bonds. The molecule has 2 aliphatic rings. The van der Waals surface area contributed by atoms with E-state index in [0.29, 0.717) is 25.7 Å². The second kappa shape index (κ2) is 15.8. The average Bonchev–Trinajstić information content (AvgIpc) is 3.68. The molecule has 0 aromatic heterocycles. The van der Waals surface area contributed by atoms with E-state index in [-0.39, 0.29) is 18.9 Å². The van der Waals surface area contributed by atoms with Crippen LogP contribution in [0.1, 0.15) is 73.9 Å². The number of likely N-dealkylation sites (tertiary alicyclic amines) is 1. The van der Waals surface area contributed by atoms with Crippen LogP contribution in [0.4, 0.5) is 5.69 Å². The lowest BCUT2D eigenvalue weighted by molar-refractivity contribution is -0.109. The molecule has 7 nitrogen and oxygen atoms in total. The molecule has 3 aromatic rings. The molecule has 0 aliphatic carbocycles. The van der Waals surface area contributed by atoms with E-state index in [1.54, 1.807) is 0 Å². The number of carbonyl (C=O) groups is 1. The third kappa shape index (κ3) is 8.09. The molecule has 2 heterocycles. The van der Waals surface area contributed by atoms with Gasteiger partial charge in [0.2, 0.25) is 6.79 Å². The molecule has 1 N–H and O–H groups in total. The van der Waals surface area contributed by atoms with Crippen LogP contribution in [0, 0.1) is 6.92 Å². The number of aldehydes is 1. The van der Waals surface area contributed by atoms with E-state index >= 15 is 0 Å². The van der Waals surface area contributed by atoms with Gasteiger partial charge in [-0.3, -0.25) is 4.90 Å². The number of anilines is 1. The number of hydrogen-bond acceptors (Lipinski definition) is 7. The van der Waals surface area contributed by atoms with Crippen LogP contribution in [0.25, 0.3) is 0 Å². The fourth-order valence-corrected chi connectivity index (χ4v) is 6.14. The van der Waals surface area contributed by atoms with Gasteiger partial charge in [-0.15, -0.1) is 0 Å². The van der Waals surface area contributed by atoms with Crippen LogP contribution >= 0.6 is 0 Å². The van der Waals surface area contributed by atoms with Crippen molar-refractivity contribution in [2.75, 3.05) is 45.5 Å². The fraction of sp³-hybridized carbons (Fsp3) is 0.472. The zero-order chi connectivity index (χ0) is 30.8. The number of ether oxygens (including phenoxy) is 4. The van der Waals surface area contributed by atoms with Crippen molar-refractivity contribution < 1.29 is 23.7 Å². The highest BCUT2D eigenvalue weighted by molar-refractivity contribution is 5.57. The third-order valence-electron chi connectivity index (χ3n) is 8.30. The predicted molar refractivity (Wildman–Crippen MR) is 173 cm³/mol. The molecule has 0 saturated carbocycles. The molecule has 2 aliphatic heterocycles. The van der Waals surface area contributed by atoms with Gasteiger partial charge in [0.15, 0.2) is 11.5 Å². The van der Waals surface area contributed by atoms with Crippen LogP contribution in [0.5, 0.6) is 17.2 Å². The van der Waals surface area contributed by atoms with Gasteiger partial charge in [-0.2, -0.15) is 0 Å². The van der Waals surface area contributed by atoms with E-state index in [1.807, 2.05) is 39.1 Å². The quantitative estimate of drug-likeness (QED) is 0.179. The molecule has 7 heteroatoms. The van der Waals surface area contributed by atoms with Gasteiger partial charge in [0.1, 0.15) is 18.6 Å². The third-order valence-corrected chi connectivity index (χ3v) is 8.30. The second-order valence-electron chi connectivity index (χ2n) is 11.3. The van der Waals surface area contributed by atoms with Crippen LogP contribution in [-0.2, 0) is 22.4 Å². The van der Waals surface area contributed by atoms with E-state index in [2.05, 4.69) is 67.4 Å². The number of benzene rings is 3. The zero-order valence-corrected chi connectivity index (χ0v) is 26.7. The molecule has 0 radical (unpaired) electrons. The van der Waals surface area contributed by atoms with Gasteiger partial charge in [0, 0.05) is 25.3 Å². The highest BCUT2D eigenvalue weighted by Gasteiger charge is 2.35. The first kappa shape index (κ1) is 32.4. The summed E-state index contributed by atoms with van der Waals surface area (Å²) >= 11 is 0. The van der Waals surface area contributed by atoms with Crippen molar-refractivity contribution in [3.8, 4) is 17.2 Å². The van der Waals surface area contributed by atoms with Crippen molar-refractivity contribution in [3.05, 3.63) is 82.4 Å². The van der Waals surface area contributed by atoms with E-state index < -0.39 is 0 Å². The summed E-state index contributed by atoms with van der Waals surface area (Å²) < 4.78 is 22.5. The molecule has 43 heavy (non-hydrogen) atoms. The fourth-order valence-electron chi connectivity index (χ4n) is 6.14. The monoisotopic (exact) mass is 588 g/mol. The minimum Gasteiger partial charge on any atom is -0.491 e. The number of nitrogens with one attached hydrogen (secondary N) is 1. The van der Waals surface area contributed by atoms with Gasteiger partial charge < -0.3 is 29.1 Å². The Morgan fingerprint density at radius 2 is 1.72 bits per heavy atom. The summed E-state index contributed by atoms with van der Waals surface area (Å²) in [5, 5.41) is 3.27. The molecular formula is C36H48N2O5. The number of carbonyl (C=O) groups excluding carboxylic acids is 1. The Hall–Kier alpha value is -3.55. The molecular weight excluding hydrogens is 540 g/mol. The highest BCUT2D eigenvalue weighted by atomic mass is 16.7. The Morgan fingerprint density at radius 1 is 1.00 bits per heavy atom. The summed E-state index contributed by atoms with van der Waals surface area (Å²) in [4.78, 5) is 13.6. The van der Waals surface area contributed by atoms with Crippen molar-refractivity contribution in [1.29, 1.82) is 0 Å².